The SMILES string of the molecule is CN(CC(=O)Nc1ccc(N2CCOCC2)cc1)CC(=O)Nc1ccnn1Cc1ccccc1. The molecule has 1 aromatic heterocycles. The van der Waals surface area contributed by atoms with Crippen LogP contribution in [0.2, 0.25) is 0 Å². The average Bonchev–Trinajstić information content (AvgIpc) is 3.26. The molecule has 3 aromatic rings. The number of hydrogen-bond donors (Lipinski definition) is 2. The molecule has 1 aliphatic heterocycles. The number of rotatable bonds is 9. The summed E-state index contributed by atoms with van der Waals surface area (Å²) in [4.78, 5) is 28.9. The van der Waals surface area contributed by atoms with Gasteiger partial charge in [-0.2, -0.15) is 5.10 Å². The Labute approximate surface area is 199 Å². The molecule has 0 radical (unpaired) electrons. The molecule has 2 aromatic carbocycles. The van der Waals surface area contributed by atoms with Crippen LogP contribution >= 0.6 is 0 Å². The Balaban J connectivity index is 1.23. The molecule has 0 saturated carbocycles. The number of nitrogens with zero attached hydrogens (tertiary/aromatic N) is 4. The van der Waals surface area contributed by atoms with Gasteiger partial charge in [-0.15, -0.1) is 0 Å². The van der Waals surface area contributed by atoms with E-state index < -0.39 is 0 Å². The number of carbonyl (C=O) groups excluding carboxylic acids is 2. The van der Waals surface area contributed by atoms with E-state index in [0.717, 1.165) is 43.2 Å². The molecule has 9 nitrogen and oxygen atoms in total. The van der Waals surface area contributed by atoms with Gasteiger partial charge in [0.2, 0.25) is 11.8 Å². The van der Waals surface area contributed by atoms with Gasteiger partial charge in [0.15, 0.2) is 0 Å². The summed E-state index contributed by atoms with van der Waals surface area (Å²) < 4.78 is 7.12. The molecule has 4 rings (SSSR count). The molecule has 34 heavy (non-hydrogen) atoms. The van der Waals surface area contributed by atoms with Crippen molar-refractivity contribution in [2.75, 3.05) is 62.0 Å². The van der Waals surface area contributed by atoms with Gasteiger partial charge in [0.05, 0.1) is 39.0 Å². The van der Waals surface area contributed by atoms with Gasteiger partial charge >= 0.3 is 0 Å². The molecular weight excluding hydrogens is 432 g/mol. The first-order valence-electron chi connectivity index (χ1n) is 11.3. The molecule has 178 valence electrons. The molecule has 2 heterocycles. The third-order valence-corrected chi connectivity index (χ3v) is 5.51. The topological polar surface area (TPSA) is 91.7 Å². The van der Waals surface area contributed by atoms with E-state index in [9.17, 15) is 9.59 Å². The van der Waals surface area contributed by atoms with Crippen LogP contribution in [0.4, 0.5) is 17.2 Å². The number of carbonyl (C=O) groups is 2. The van der Waals surface area contributed by atoms with Crippen LogP contribution in [-0.2, 0) is 20.9 Å². The maximum atomic E-state index is 12.5. The van der Waals surface area contributed by atoms with Gasteiger partial charge in [-0.3, -0.25) is 14.5 Å². The molecule has 0 unspecified atom stereocenters. The van der Waals surface area contributed by atoms with Crippen molar-refractivity contribution >= 4 is 29.0 Å². The summed E-state index contributed by atoms with van der Waals surface area (Å²) in [6.07, 6.45) is 1.65. The molecule has 2 amide bonds. The molecule has 0 aliphatic carbocycles. The largest absolute Gasteiger partial charge is 0.378 e. The summed E-state index contributed by atoms with van der Waals surface area (Å²) in [5, 5.41) is 10.1. The fraction of sp³-hybridized carbons (Fsp3) is 0.320. The van der Waals surface area contributed by atoms with Crippen LogP contribution in [0, 0.1) is 0 Å². The molecule has 1 fully saturated rings. The summed E-state index contributed by atoms with van der Waals surface area (Å²) in [5.41, 5.74) is 2.93. The number of hydrogen-bond acceptors (Lipinski definition) is 6. The number of morpholine rings is 1. The zero-order valence-corrected chi connectivity index (χ0v) is 19.3. The van der Waals surface area contributed by atoms with E-state index in [1.807, 2.05) is 54.6 Å². The van der Waals surface area contributed by atoms with E-state index in [1.165, 1.54) is 0 Å². The zero-order valence-electron chi connectivity index (χ0n) is 19.3. The minimum Gasteiger partial charge on any atom is -0.378 e. The van der Waals surface area contributed by atoms with Gasteiger partial charge in [0.25, 0.3) is 0 Å². The lowest BCUT2D eigenvalue weighted by Crippen LogP contribution is -2.36. The quantitative estimate of drug-likeness (QED) is 0.507. The van der Waals surface area contributed by atoms with Gasteiger partial charge in [0.1, 0.15) is 5.82 Å². The van der Waals surface area contributed by atoms with Crippen molar-refractivity contribution in [3.63, 3.8) is 0 Å². The molecule has 9 heteroatoms. The number of ether oxygens (including phenoxy) is 1. The molecule has 0 spiro atoms. The van der Waals surface area contributed by atoms with E-state index in [1.54, 1.807) is 28.9 Å². The summed E-state index contributed by atoms with van der Waals surface area (Å²) in [6, 6.07) is 19.5. The van der Waals surface area contributed by atoms with Gasteiger partial charge in [-0.1, -0.05) is 30.3 Å². The molecule has 0 bridgehead atoms. The molecular formula is C25H30N6O3. The lowest BCUT2D eigenvalue weighted by atomic mass is 10.2. The summed E-state index contributed by atoms with van der Waals surface area (Å²) in [5.74, 6) is 0.232. The summed E-state index contributed by atoms with van der Waals surface area (Å²) >= 11 is 0. The van der Waals surface area contributed by atoms with Crippen LogP contribution in [0.1, 0.15) is 5.56 Å². The maximum Gasteiger partial charge on any atom is 0.239 e. The van der Waals surface area contributed by atoms with Crippen LogP contribution in [0.3, 0.4) is 0 Å². The monoisotopic (exact) mass is 462 g/mol. The first kappa shape index (κ1) is 23.5. The number of likely N-dealkylation sites (N-methyl/N-ethyl adjacent to an activating group) is 1. The Kier molecular flexibility index (Phi) is 7.90. The average molecular weight is 463 g/mol. The van der Waals surface area contributed by atoms with E-state index >= 15 is 0 Å². The molecule has 1 aliphatic rings. The van der Waals surface area contributed by atoms with Gasteiger partial charge in [-0.05, 0) is 36.9 Å². The normalized spacial score (nSPS) is 13.6. The van der Waals surface area contributed by atoms with E-state index in [-0.39, 0.29) is 24.9 Å². The highest BCUT2D eigenvalue weighted by atomic mass is 16.5. The van der Waals surface area contributed by atoms with Crippen molar-refractivity contribution in [3.8, 4) is 0 Å². The van der Waals surface area contributed by atoms with E-state index in [0.29, 0.717) is 12.4 Å². The van der Waals surface area contributed by atoms with Crippen molar-refractivity contribution in [2.24, 2.45) is 0 Å². The van der Waals surface area contributed by atoms with Crippen LogP contribution in [0.15, 0.2) is 66.9 Å². The minimum absolute atomic E-state index is 0.0832. The number of amides is 2. The Morgan fingerprint density at radius 3 is 2.32 bits per heavy atom. The van der Waals surface area contributed by atoms with Crippen molar-refractivity contribution in [2.45, 2.75) is 6.54 Å². The van der Waals surface area contributed by atoms with Crippen molar-refractivity contribution in [3.05, 3.63) is 72.4 Å². The summed E-state index contributed by atoms with van der Waals surface area (Å²) in [6.45, 7) is 3.94. The van der Waals surface area contributed by atoms with Gasteiger partial charge in [-0.25, -0.2) is 4.68 Å². The minimum atomic E-state index is -0.208. The molecule has 1 saturated heterocycles. The predicted molar refractivity (Wildman–Crippen MR) is 132 cm³/mol. The summed E-state index contributed by atoms with van der Waals surface area (Å²) in [7, 11) is 1.74. The van der Waals surface area contributed by atoms with Crippen LogP contribution < -0.4 is 15.5 Å². The third kappa shape index (κ3) is 6.66. The third-order valence-electron chi connectivity index (χ3n) is 5.51. The first-order valence-corrected chi connectivity index (χ1v) is 11.3. The smallest absolute Gasteiger partial charge is 0.239 e. The number of benzene rings is 2. The van der Waals surface area contributed by atoms with E-state index in [4.69, 9.17) is 4.74 Å². The standard InChI is InChI=1S/C25H30N6O3/c1-29(18-24(32)27-21-7-9-22(10-8-21)30-13-15-34-16-14-30)19-25(33)28-23-11-12-26-31(23)17-20-5-3-2-4-6-20/h2-12H,13-19H2,1H3,(H,27,32)(H,28,33). The first-order chi connectivity index (χ1) is 16.6. The Morgan fingerprint density at radius 2 is 1.62 bits per heavy atom. The highest BCUT2D eigenvalue weighted by molar-refractivity contribution is 5.94. The number of anilines is 3. The van der Waals surface area contributed by atoms with Crippen LogP contribution in [-0.4, -0.2) is 72.9 Å². The zero-order chi connectivity index (χ0) is 23.8. The lowest BCUT2D eigenvalue weighted by Gasteiger charge is -2.28. The van der Waals surface area contributed by atoms with E-state index in [2.05, 4.69) is 20.6 Å². The van der Waals surface area contributed by atoms with Crippen molar-refractivity contribution in [1.29, 1.82) is 0 Å². The highest BCUT2D eigenvalue weighted by Crippen LogP contribution is 2.19. The van der Waals surface area contributed by atoms with Crippen LogP contribution in [0.25, 0.3) is 0 Å². The molecule has 0 atom stereocenters. The fourth-order valence-corrected chi connectivity index (χ4v) is 3.83. The second-order valence-corrected chi connectivity index (χ2v) is 8.27. The molecule has 2 N–H and O–H groups in total. The maximum absolute atomic E-state index is 12.5. The number of aromatic nitrogens is 2. The van der Waals surface area contributed by atoms with Crippen LogP contribution in [0.5, 0.6) is 0 Å². The highest BCUT2D eigenvalue weighted by Gasteiger charge is 2.14. The predicted octanol–water partition coefficient (Wildman–Crippen LogP) is 2.28. The fourth-order valence-electron chi connectivity index (χ4n) is 3.83. The second-order valence-electron chi connectivity index (χ2n) is 8.27. The lowest BCUT2D eigenvalue weighted by molar-refractivity contribution is -0.119. The van der Waals surface area contributed by atoms with Crippen molar-refractivity contribution in [1.82, 2.24) is 14.7 Å². The Hall–Kier alpha value is -3.69. The Bertz CT molecular complexity index is 1080. The number of nitrogens with one attached hydrogen (secondary N) is 2. The van der Waals surface area contributed by atoms with Crippen molar-refractivity contribution < 1.29 is 14.3 Å². The second kappa shape index (κ2) is 11.4. The van der Waals surface area contributed by atoms with Gasteiger partial charge in [0, 0.05) is 30.5 Å². The Morgan fingerprint density at radius 1 is 0.941 bits per heavy atom. The van der Waals surface area contributed by atoms with Gasteiger partial charge < -0.3 is 20.3 Å².